The van der Waals surface area contributed by atoms with Gasteiger partial charge in [-0.05, 0) is 52.2 Å². The van der Waals surface area contributed by atoms with Crippen LogP contribution in [0.15, 0.2) is 84.9 Å². The number of amides is 1. The normalized spacial score (nSPS) is 16.1. The molecule has 6 heteroatoms. The van der Waals surface area contributed by atoms with Gasteiger partial charge in [-0.15, -0.1) is 0 Å². The first kappa shape index (κ1) is 23.0. The minimum atomic E-state index is -0.0507. The summed E-state index contributed by atoms with van der Waals surface area (Å²) in [6.45, 7) is 1.85. The minimum absolute atomic E-state index is 0.0507. The topological polar surface area (TPSA) is 23.6 Å². The van der Waals surface area contributed by atoms with E-state index in [1.807, 2.05) is 59.5 Å². The first-order valence-corrected chi connectivity index (χ1v) is 12.3. The van der Waals surface area contributed by atoms with Gasteiger partial charge in [0.2, 0.25) is 5.91 Å². The lowest BCUT2D eigenvalue weighted by Gasteiger charge is -2.43. The summed E-state index contributed by atoms with van der Waals surface area (Å²) in [7, 11) is 0. The van der Waals surface area contributed by atoms with E-state index in [9.17, 15) is 4.79 Å². The van der Waals surface area contributed by atoms with Crippen LogP contribution in [-0.2, 0) is 11.2 Å². The van der Waals surface area contributed by atoms with Crippen molar-refractivity contribution in [1.82, 2.24) is 4.90 Å². The Morgan fingerprint density at radius 1 is 0.794 bits per heavy atom. The quantitative estimate of drug-likeness (QED) is 0.285. The number of benzene rings is 4. The smallest absolute Gasteiger partial charge is 0.227 e. The van der Waals surface area contributed by atoms with Crippen molar-refractivity contribution in [2.24, 2.45) is 0 Å². The SMILES string of the molecule is O=C(Cc1ccc2ccccc2c1)N1CCN(c2ccc(Cl)cc2Cl)C(c2ccc(Cl)cc2)C1. The molecule has 0 spiro atoms. The largest absolute Gasteiger partial charge is 0.360 e. The molecule has 4 aromatic rings. The molecule has 0 saturated carbocycles. The fourth-order valence-electron chi connectivity index (χ4n) is 4.62. The fraction of sp³-hybridized carbons (Fsp3) is 0.179. The van der Waals surface area contributed by atoms with Crippen molar-refractivity contribution in [1.29, 1.82) is 0 Å². The van der Waals surface area contributed by atoms with Crippen LogP contribution in [-0.4, -0.2) is 30.4 Å². The number of nitrogens with zero attached hydrogens (tertiary/aromatic N) is 2. The highest BCUT2D eigenvalue weighted by Gasteiger charge is 2.32. The summed E-state index contributed by atoms with van der Waals surface area (Å²) in [6.07, 6.45) is 0.375. The van der Waals surface area contributed by atoms with Gasteiger partial charge in [0.25, 0.3) is 0 Å². The highest BCUT2D eigenvalue weighted by molar-refractivity contribution is 6.36. The van der Waals surface area contributed by atoms with Crippen molar-refractivity contribution in [2.75, 3.05) is 24.5 Å². The molecule has 1 aliphatic rings. The van der Waals surface area contributed by atoms with E-state index < -0.39 is 0 Å². The zero-order valence-corrected chi connectivity index (χ0v) is 20.7. The van der Waals surface area contributed by atoms with Gasteiger partial charge in [0.15, 0.2) is 0 Å². The van der Waals surface area contributed by atoms with Gasteiger partial charge in [0.1, 0.15) is 0 Å². The number of hydrogen-bond acceptors (Lipinski definition) is 2. The second-order valence-corrected chi connectivity index (χ2v) is 9.83. The summed E-state index contributed by atoms with van der Waals surface area (Å²) in [4.78, 5) is 17.5. The zero-order chi connectivity index (χ0) is 23.7. The Hall–Kier alpha value is -2.72. The molecule has 1 atom stereocenters. The highest BCUT2D eigenvalue weighted by Crippen LogP contribution is 2.37. The molecule has 34 heavy (non-hydrogen) atoms. The number of piperazine rings is 1. The molecule has 5 rings (SSSR count). The summed E-state index contributed by atoms with van der Waals surface area (Å²) >= 11 is 18.8. The Morgan fingerprint density at radius 3 is 2.29 bits per heavy atom. The van der Waals surface area contributed by atoms with Crippen molar-refractivity contribution in [3.05, 3.63) is 111 Å². The summed E-state index contributed by atoms with van der Waals surface area (Å²) < 4.78 is 0. The van der Waals surface area contributed by atoms with Crippen LogP contribution in [0, 0.1) is 0 Å². The average molecular weight is 510 g/mol. The van der Waals surface area contributed by atoms with E-state index >= 15 is 0 Å². The molecular formula is C28H23Cl3N2O. The number of rotatable bonds is 4. The van der Waals surface area contributed by atoms with Crippen LogP contribution in [0.3, 0.4) is 0 Å². The third-order valence-electron chi connectivity index (χ3n) is 6.38. The van der Waals surface area contributed by atoms with Gasteiger partial charge in [-0.2, -0.15) is 0 Å². The number of fused-ring (bicyclic) bond motifs is 1. The maximum Gasteiger partial charge on any atom is 0.227 e. The average Bonchev–Trinajstić information content (AvgIpc) is 2.84. The highest BCUT2D eigenvalue weighted by atomic mass is 35.5. The Balaban J connectivity index is 1.40. The van der Waals surface area contributed by atoms with Crippen molar-refractivity contribution < 1.29 is 4.79 Å². The lowest BCUT2D eigenvalue weighted by atomic mass is 10.00. The van der Waals surface area contributed by atoms with E-state index in [4.69, 9.17) is 34.8 Å². The van der Waals surface area contributed by atoms with Gasteiger partial charge in [0, 0.05) is 29.7 Å². The molecule has 0 aliphatic carbocycles. The third-order valence-corrected chi connectivity index (χ3v) is 7.17. The van der Waals surface area contributed by atoms with Gasteiger partial charge in [-0.3, -0.25) is 4.79 Å². The Morgan fingerprint density at radius 2 is 1.53 bits per heavy atom. The molecule has 1 unspecified atom stereocenters. The molecule has 0 aromatic heterocycles. The molecule has 4 aromatic carbocycles. The number of halogens is 3. The number of hydrogen-bond donors (Lipinski definition) is 0. The van der Waals surface area contributed by atoms with Gasteiger partial charge < -0.3 is 9.80 Å². The lowest BCUT2D eigenvalue weighted by Crippen LogP contribution is -2.51. The Labute approximate surface area is 214 Å². The van der Waals surface area contributed by atoms with Crippen LogP contribution in [0.4, 0.5) is 5.69 Å². The molecule has 1 fully saturated rings. The van der Waals surface area contributed by atoms with Crippen LogP contribution < -0.4 is 4.90 Å². The van der Waals surface area contributed by atoms with Gasteiger partial charge in [-0.1, -0.05) is 89.4 Å². The summed E-state index contributed by atoms with van der Waals surface area (Å²) in [5.74, 6) is 0.121. The van der Waals surface area contributed by atoms with Crippen molar-refractivity contribution in [3.63, 3.8) is 0 Å². The van der Waals surface area contributed by atoms with Crippen LogP contribution >= 0.6 is 34.8 Å². The zero-order valence-electron chi connectivity index (χ0n) is 18.4. The minimum Gasteiger partial charge on any atom is -0.360 e. The fourth-order valence-corrected chi connectivity index (χ4v) is 5.26. The van der Waals surface area contributed by atoms with Crippen LogP contribution in [0.25, 0.3) is 10.8 Å². The van der Waals surface area contributed by atoms with E-state index in [2.05, 4.69) is 29.2 Å². The Kier molecular flexibility index (Phi) is 6.69. The van der Waals surface area contributed by atoms with Crippen LogP contribution in [0.1, 0.15) is 17.2 Å². The van der Waals surface area contributed by atoms with E-state index in [-0.39, 0.29) is 11.9 Å². The third kappa shape index (κ3) is 4.88. The standard InChI is InChI=1S/C28H23Cl3N2O/c29-23-9-7-21(8-10-23)27-18-32(13-14-33(27)26-12-11-24(30)17-25(26)31)28(34)16-19-5-6-20-3-1-2-4-22(20)15-19/h1-12,15,17,27H,13-14,16,18H2. The molecular weight excluding hydrogens is 487 g/mol. The molecule has 1 aliphatic heterocycles. The number of carbonyl (C=O) groups excluding carboxylic acids is 1. The molecule has 1 amide bonds. The van der Waals surface area contributed by atoms with Crippen LogP contribution in [0.2, 0.25) is 15.1 Å². The molecule has 1 saturated heterocycles. The van der Waals surface area contributed by atoms with Gasteiger partial charge in [-0.25, -0.2) is 0 Å². The van der Waals surface area contributed by atoms with Crippen molar-refractivity contribution >= 4 is 57.2 Å². The first-order valence-electron chi connectivity index (χ1n) is 11.2. The predicted molar refractivity (Wildman–Crippen MR) is 142 cm³/mol. The second-order valence-electron chi connectivity index (χ2n) is 8.55. The maximum atomic E-state index is 13.3. The monoisotopic (exact) mass is 508 g/mol. The first-order chi connectivity index (χ1) is 16.5. The van der Waals surface area contributed by atoms with E-state index in [0.717, 1.165) is 22.2 Å². The molecule has 3 nitrogen and oxygen atoms in total. The van der Waals surface area contributed by atoms with E-state index in [1.54, 1.807) is 6.07 Å². The number of anilines is 1. The lowest BCUT2D eigenvalue weighted by molar-refractivity contribution is -0.131. The Bertz CT molecular complexity index is 1340. The molecule has 1 heterocycles. The van der Waals surface area contributed by atoms with E-state index in [1.165, 1.54) is 5.39 Å². The molecule has 0 bridgehead atoms. The summed E-state index contributed by atoms with van der Waals surface area (Å²) in [5.41, 5.74) is 3.01. The van der Waals surface area contributed by atoms with Crippen LogP contribution in [0.5, 0.6) is 0 Å². The number of carbonyl (C=O) groups is 1. The van der Waals surface area contributed by atoms with Gasteiger partial charge >= 0.3 is 0 Å². The van der Waals surface area contributed by atoms with Crippen molar-refractivity contribution in [2.45, 2.75) is 12.5 Å². The van der Waals surface area contributed by atoms with Crippen molar-refractivity contribution in [3.8, 4) is 0 Å². The van der Waals surface area contributed by atoms with E-state index in [0.29, 0.717) is 41.1 Å². The summed E-state index contributed by atoms with van der Waals surface area (Å²) in [5, 5.41) is 4.20. The van der Waals surface area contributed by atoms with Gasteiger partial charge in [0.05, 0.1) is 23.2 Å². The molecule has 172 valence electrons. The summed E-state index contributed by atoms with van der Waals surface area (Å²) in [6, 6.07) is 27.7. The second kappa shape index (κ2) is 9.87. The maximum absolute atomic E-state index is 13.3. The molecule has 0 N–H and O–H groups in total. The molecule has 0 radical (unpaired) electrons. The predicted octanol–water partition coefficient (Wildman–Crippen LogP) is 7.43.